The van der Waals surface area contributed by atoms with E-state index in [1.165, 1.54) is 0 Å². The van der Waals surface area contributed by atoms with Gasteiger partial charge in [-0.1, -0.05) is 0 Å². The Morgan fingerprint density at radius 1 is 0.600 bits per heavy atom. The Kier molecular flexibility index (Phi) is 2.61. The Bertz CT molecular complexity index is 149. The second-order valence-electron chi connectivity index (χ2n) is 4.31. The summed E-state index contributed by atoms with van der Waals surface area (Å²) in [5.74, 6) is 0. The maximum absolute atomic E-state index is 2.57. The van der Waals surface area contributed by atoms with Crippen molar-refractivity contribution in [3.05, 3.63) is 16.4 Å². The van der Waals surface area contributed by atoms with Crippen LogP contribution in [0, 0.1) is 0 Å². The molecular formula is C8H16Sn2. The van der Waals surface area contributed by atoms with Crippen LogP contribution in [0.5, 0.6) is 0 Å². The van der Waals surface area contributed by atoms with E-state index in [1.54, 1.807) is 0 Å². The van der Waals surface area contributed by atoms with Gasteiger partial charge in [-0.25, -0.2) is 0 Å². The molecule has 0 amide bonds. The van der Waals surface area contributed by atoms with Crippen molar-refractivity contribution in [1.82, 2.24) is 0 Å². The fourth-order valence-corrected chi connectivity index (χ4v) is 39.4. The van der Waals surface area contributed by atoms with Gasteiger partial charge in [0.1, 0.15) is 0 Å². The molecule has 1 rings (SSSR count). The molecule has 0 bridgehead atoms. The molecule has 0 aliphatic carbocycles. The third-order valence-corrected chi connectivity index (χ3v) is 19.0. The van der Waals surface area contributed by atoms with Crippen molar-refractivity contribution in [2.75, 3.05) is 0 Å². The quantitative estimate of drug-likeness (QED) is 0.590. The fraction of sp³-hybridized carbons (Fsp3) is 0.500. The average Bonchev–Trinajstić information content (AvgIpc) is 1.79. The number of hydrogen-bond acceptors (Lipinski definition) is 0. The molecule has 0 radical (unpaired) electrons. The van der Waals surface area contributed by atoms with Crippen LogP contribution in [0.4, 0.5) is 0 Å². The minimum absolute atomic E-state index is 1.66. The third kappa shape index (κ3) is 2.61. The van der Waals surface area contributed by atoms with E-state index in [9.17, 15) is 0 Å². The van der Waals surface area contributed by atoms with Crippen LogP contribution in [0.15, 0.2) is 16.4 Å². The van der Waals surface area contributed by atoms with Gasteiger partial charge in [0.15, 0.2) is 0 Å². The molecule has 0 atom stereocenters. The maximum atomic E-state index is 2.57. The van der Waals surface area contributed by atoms with Crippen LogP contribution in [-0.4, -0.2) is 36.8 Å². The molecular weight excluding hydrogens is 334 g/mol. The first kappa shape index (κ1) is 9.17. The van der Waals surface area contributed by atoms with Crippen molar-refractivity contribution in [2.45, 2.75) is 19.8 Å². The van der Waals surface area contributed by atoms with Crippen LogP contribution in [-0.2, 0) is 0 Å². The molecule has 0 aromatic carbocycles. The van der Waals surface area contributed by atoms with E-state index >= 15 is 0 Å². The summed E-state index contributed by atoms with van der Waals surface area (Å²) in [6.07, 6.45) is 0. The molecule has 1 aliphatic heterocycles. The fourth-order valence-electron chi connectivity index (χ4n) is 0.970. The van der Waals surface area contributed by atoms with Gasteiger partial charge in [-0.05, 0) is 0 Å². The Balaban J connectivity index is 2.81. The van der Waals surface area contributed by atoms with E-state index in [-0.39, 0.29) is 0 Å². The first-order valence-corrected chi connectivity index (χ1v) is 21.8. The van der Waals surface area contributed by atoms with Gasteiger partial charge >= 0.3 is 72.9 Å². The molecule has 10 heavy (non-hydrogen) atoms. The van der Waals surface area contributed by atoms with Gasteiger partial charge in [0.25, 0.3) is 0 Å². The molecule has 1 heterocycles. The summed E-state index contributed by atoms with van der Waals surface area (Å²) < 4.78 is 10.3. The standard InChI is InChI=1S/2C2H2.4CH3.2Sn/c2*1-2;;;;;;/h2*1-2H;4*1H3;;. The molecule has 0 spiro atoms. The third-order valence-electron chi connectivity index (χ3n) is 1.88. The SMILES string of the molecule is [CH3][Sn]1([CH3])[CH]=[CH][Sn]([CH3])([CH3])[CH]=[CH]1. The van der Waals surface area contributed by atoms with Crippen molar-refractivity contribution < 1.29 is 0 Å². The number of rotatable bonds is 0. The first-order chi connectivity index (χ1) is 4.41. The second-order valence-corrected chi connectivity index (χ2v) is 28.9. The van der Waals surface area contributed by atoms with Crippen molar-refractivity contribution in [3.63, 3.8) is 0 Å². The van der Waals surface area contributed by atoms with Crippen LogP contribution >= 0.6 is 0 Å². The zero-order valence-corrected chi connectivity index (χ0v) is 13.0. The van der Waals surface area contributed by atoms with Crippen LogP contribution in [0.2, 0.25) is 19.8 Å². The Labute approximate surface area is 72.1 Å². The molecule has 0 aromatic heterocycles. The topological polar surface area (TPSA) is 0 Å². The van der Waals surface area contributed by atoms with Gasteiger partial charge in [0, 0.05) is 0 Å². The van der Waals surface area contributed by atoms with E-state index in [0.717, 1.165) is 0 Å². The van der Waals surface area contributed by atoms with Crippen LogP contribution in [0.1, 0.15) is 0 Å². The molecule has 56 valence electrons. The average molecular weight is 350 g/mol. The molecule has 0 nitrogen and oxygen atoms in total. The first-order valence-electron chi connectivity index (χ1n) is 3.82. The summed E-state index contributed by atoms with van der Waals surface area (Å²) in [6, 6.07) is 0. The molecule has 1 aliphatic rings. The van der Waals surface area contributed by atoms with E-state index in [0.29, 0.717) is 0 Å². The molecule has 0 saturated carbocycles. The second kappa shape index (κ2) is 2.85. The summed E-state index contributed by atoms with van der Waals surface area (Å²) in [5, 5.41) is 0. The monoisotopic (exact) mass is 352 g/mol. The molecule has 0 unspecified atom stereocenters. The number of hydrogen-bond donors (Lipinski definition) is 0. The van der Waals surface area contributed by atoms with E-state index in [2.05, 4.69) is 36.1 Å². The van der Waals surface area contributed by atoms with Gasteiger partial charge in [0.2, 0.25) is 0 Å². The van der Waals surface area contributed by atoms with Gasteiger partial charge in [-0.2, -0.15) is 0 Å². The van der Waals surface area contributed by atoms with Gasteiger partial charge in [-0.15, -0.1) is 0 Å². The van der Waals surface area contributed by atoms with Crippen LogP contribution < -0.4 is 0 Å². The van der Waals surface area contributed by atoms with Gasteiger partial charge < -0.3 is 0 Å². The Hall–Kier alpha value is 1.08. The van der Waals surface area contributed by atoms with Crippen molar-refractivity contribution in [1.29, 1.82) is 0 Å². The normalized spacial score (nSPS) is 26.8. The summed E-state index contributed by atoms with van der Waals surface area (Å²) in [6.45, 7) is 0. The predicted octanol–water partition coefficient (Wildman–Crippen LogP) is 2.69. The molecule has 0 N–H and O–H groups in total. The Morgan fingerprint density at radius 2 is 0.800 bits per heavy atom. The van der Waals surface area contributed by atoms with Gasteiger partial charge in [-0.3, -0.25) is 0 Å². The minimum atomic E-state index is -1.66. The van der Waals surface area contributed by atoms with Crippen molar-refractivity contribution >= 4 is 36.8 Å². The van der Waals surface area contributed by atoms with Crippen molar-refractivity contribution in [2.24, 2.45) is 0 Å². The summed E-state index contributed by atoms with van der Waals surface area (Å²) >= 11 is -3.32. The summed E-state index contributed by atoms with van der Waals surface area (Å²) in [5.41, 5.74) is 0. The predicted molar refractivity (Wildman–Crippen MR) is 53.2 cm³/mol. The Morgan fingerprint density at radius 3 is 1.00 bits per heavy atom. The van der Waals surface area contributed by atoms with E-state index < -0.39 is 36.8 Å². The molecule has 2 heteroatoms. The van der Waals surface area contributed by atoms with Crippen molar-refractivity contribution in [3.8, 4) is 0 Å². The molecule has 0 fully saturated rings. The van der Waals surface area contributed by atoms with Crippen LogP contribution in [0.25, 0.3) is 0 Å². The van der Waals surface area contributed by atoms with Gasteiger partial charge in [0.05, 0.1) is 0 Å². The zero-order valence-electron chi connectivity index (χ0n) is 7.31. The molecule has 0 saturated heterocycles. The summed E-state index contributed by atoms with van der Waals surface area (Å²) in [4.78, 5) is 9.84. The van der Waals surface area contributed by atoms with Crippen LogP contribution in [0.3, 0.4) is 0 Å². The zero-order chi connectivity index (χ0) is 7.83. The van der Waals surface area contributed by atoms with E-state index in [1.807, 2.05) is 0 Å². The van der Waals surface area contributed by atoms with E-state index in [4.69, 9.17) is 0 Å². The molecule has 0 aromatic rings. The summed E-state index contributed by atoms with van der Waals surface area (Å²) in [7, 11) is 0.